The number of benzene rings is 1. The molecule has 0 heterocycles. The molecule has 0 aliphatic heterocycles. The minimum atomic E-state index is -2.83. The van der Waals surface area contributed by atoms with E-state index in [9.17, 15) is 13.9 Å². The smallest absolute Gasteiger partial charge is 0.387 e. The number of ether oxygens (including phenoxy) is 1. The first kappa shape index (κ1) is 12.9. The van der Waals surface area contributed by atoms with E-state index in [-0.39, 0.29) is 5.75 Å². The molecule has 0 fully saturated rings. The van der Waals surface area contributed by atoms with Crippen molar-refractivity contribution < 1.29 is 18.6 Å². The van der Waals surface area contributed by atoms with Crippen LogP contribution < -0.4 is 10.5 Å². The molecule has 1 rings (SSSR count). The van der Waals surface area contributed by atoms with Gasteiger partial charge in [-0.3, -0.25) is 0 Å². The highest BCUT2D eigenvalue weighted by molar-refractivity contribution is 5.29. The highest BCUT2D eigenvalue weighted by atomic mass is 19.3. The molecule has 0 spiro atoms. The molecule has 90 valence electrons. The van der Waals surface area contributed by atoms with Crippen LogP contribution in [0.3, 0.4) is 0 Å². The Labute approximate surface area is 92.8 Å². The third-order valence-electron chi connectivity index (χ3n) is 2.32. The van der Waals surface area contributed by atoms with Gasteiger partial charge in [-0.25, -0.2) is 0 Å². The Morgan fingerprint density at radius 2 is 1.88 bits per heavy atom. The average Bonchev–Trinajstić information content (AvgIpc) is 2.27. The van der Waals surface area contributed by atoms with Crippen LogP contribution in [-0.2, 0) is 0 Å². The molecular weight excluding hydrogens is 216 g/mol. The molecule has 1 aromatic rings. The Hall–Kier alpha value is -1.20. The summed E-state index contributed by atoms with van der Waals surface area (Å²) in [7, 11) is 0. The molecule has 0 radical (unpaired) electrons. The van der Waals surface area contributed by atoms with Crippen molar-refractivity contribution in [3.8, 4) is 5.75 Å². The highest BCUT2D eigenvalue weighted by Gasteiger charge is 2.14. The fourth-order valence-corrected chi connectivity index (χ4v) is 1.35. The van der Waals surface area contributed by atoms with E-state index in [1.54, 1.807) is 12.1 Å². The third-order valence-corrected chi connectivity index (χ3v) is 2.32. The monoisotopic (exact) mass is 231 g/mol. The summed E-state index contributed by atoms with van der Waals surface area (Å²) in [6, 6.07) is 5.45. The first-order chi connectivity index (χ1) is 7.54. The minimum Gasteiger partial charge on any atom is -0.435 e. The number of halogens is 2. The Kier molecular flexibility index (Phi) is 4.64. The lowest BCUT2D eigenvalue weighted by Crippen LogP contribution is -2.25. The number of alkyl halides is 2. The van der Waals surface area contributed by atoms with Gasteiger partial charge in [0.2, 0.25) is 0 Å². The lowest BCUT2D eigenvalue weighted by atomic mass is 10.0. The molecule has 0 unspecified atom stereocenters. The van der Waals surface area contributed by atoms with Gasteiger partial charge in [0.05, 0.1) is 12.1 Å². The zero-order chi connectivity index (χ0) is 12.1. The molecule has 0 amide bonds. The summed E-state index contributed by atoms with van der Waals surface area (Å²) >= 11 is 0. The normalized spacial score (nSPS) is 14.9. The van der Waals surface area contributed by atoms with Crippen molar-refractivity contribution in [3.63, 3.8) is 0 Å². The fraction of sp³-hybridized carbons (Fsp3) is 0.455. The number of hydrogen-bond acceptors (Lipinski definition) is 3. The predicted molar refractivity (Wildman–Crippen MR) is 56.3 cm³/mol. The van der Waals surface area contributed by atoms with E-state index in [2.05, 4.69) is 4.74 Å². The second-order valence-electron chi connectivity index (χ2n) is 3.45. The van der Waals surface area contributed by atoms with Gasteiger partial charge in [0.1, 0.15) is 5.75 Å². The summed E-state index contributed by atoms with van der Waals surface area (Å²) in [6.07, 6.45) is -0.0990. The largest absolute Gasteiger partial charge is 0.435 e. The molecule has 0 saturated carbocycles. The van der Waals surface area contributed by atoms with Gasteiger partial charge in [-0.15, -0.1) is 0 Å². The van der Waals surface area contributed by atoms with Crippen LogP contribution in [0.2, 0.25) is 0 Å². The summed E-state index contributed by atoms with van der Waals surface area (Å²) < 4.78 is 28.0. The summed E-state index contributed by atoms with van der Waals surface area (Å²) in [5.74, 6) is 0.0805. The van der Waals surface area contributed by atoms with Crippen LogP contribution in [0.15, 0.2) is 24.3 Å². The summed E-state index contributed by atoms with van der Waals surface area (Å²) in [5, 5.41) is 9.52. The molecule has 0 aliphatic carbocycles. The van der Waals surface area contributed by atoms with Crippen LogP contribution in [0.4, 0.5) is 8.78 Å². The van der Waals surface area contributed by atoms with Crippen LogP contribution in [0.25, 0.3) is 0 Å². The van der Waals surface area contributed by atoms with Crippen LogP contribution in [0.1, 0.15) is 24.9 Å². The second-order valence-corrected chi connectivity index (χ2v) is 3.45. The standard InChI is InChI=1S/C11H15F2NO2/c1-2-9(15)10(14)7-3-5-8(6-4-7)16-11(12)13/h3-6,9-11,15H,2,14H2,1H3/t9-,10+/m1/s1. The zero-order valence-corrected chi connectivity index (χ0v) is 8.94. The highest BCUT2D eigenvalue weighted by Crippen LogP contribution is 2.20. The molecule has 0 aliphatic rings. The summed E-state index contributed by atoms with van der Waals surface area (Å²) in [5.41, 5.74) is 6.45. The van der Waals surface area contributed by atoms with E-state index in [1.165, 1.54) is 12.1 Å². The van der Waals surface area contributed by atoms with Crippen LogP contribution in [0.5, 0.6) is 5.75 Å². The molecule has 1 aromatic carbocycles. The van der Waals surface area contributed by atoms with Crippen molar-refractivity contribution in [2.45, 2.75) is 32.1 Å². The maximum atomic E-state index is 11.9. The molecule has 2 atom stereocenters. The van der Waals surface area contributed by atoms with Crippen LogP contribution in [-0.4, -0.2) is 17.8 Å². The first-order valence-electron chi connectivity index (χ1n) is 5.03. The van der Waals surface area contributed by atoms with Gasteiger partial charge in [0.15, 0.2) is 0 Å². The van der Waals surface area contributed by atoms with Gasteiger partial charge in [-0.2, -0.15) is 8.78 Å². The SMILES string of the molecule is CC[C@@H](O)[C@@H](N)c1ccc(OC(F)F)cc1. The number of hydrogen-bond donors (Lipinski definition) is 2. The van der Waals surface area contributed by atoms with Crippen molar-refractivity contribution in [2.75, 3.05) is 0 Å². The van der Waals surface area contributed by atoms with Gasteiger partial charge in [0, 0.05) is 0 Å². The minimum absolute atomic E-state index is 0.0805. The maximum absolute atomic E-state index is 11.9. The maximum Gasteiger partial charge on any atom is 0.387 e. The molecule has 0 saturated heterocycles. The van der Waals surface area contributed by atoms with Gasteiger partial charge in [-0.1, -0.05) is 19.1 Å². The van der Waals surface area contributed by atoms with Crippen molar-refractivity contribution in [1.29, 1.82) is 0 Å². The molecule has 3 N–H and O–H groups in total. The Morgan fingerprint density at radius 3 is 2.31 bits per heavy atom. The van der Waals surface area contributed by atoms with Crippen molar-refractivity contribution in [2.24, 2.45) is 5.73 Å². The average molecular weight is 231 g/mol. The number of nitrogens with two attached hydrogens (primary N) is 1. The third kappa shape index (κ3) is 3.43. The van der Waals surface area contributed by atoms with Crippen molar-refractivity contribution in [1.82, 2.24) is 0 Å². The molecule has 3 nitrogen and oxygen atoms in total. The molecule has 0 aromatic heterocycles. The molecule has 5 heteroatoms. The number of aliphatic hydroxyl groups is 1. The van der Waals surface area contributed by atoms with E-state index in [1.807, 2.05) is 6.92 Å². The Bertz CT molecular complexity index is 316. The van der Waals surface area contributed by atoms with E-state index in [0.717, 1.165) is 0 Å². The van der Waals surface area contributed by atoms with Crippen LogP contribution >= 0.6 is 0 Å². The van der Waals surface area contributed by atoms with E-state index >= 15 is 0 Å². The molecular formula is C11H15F2NO2. The lowest BCUT2D eigenvalue weighted by Gasteiger charge is -2.17. The van der Waals surface area contributed by atoms with Gasteiger partial charge >= 0.3 is 6.61 Å². The van der Waals surface area contributed by atoms with E-state index < -0.39 is 18.8 Å². The first-order valence-corrected chi connectivity index (χ1v) is 5.03. The molecule has 0 bridgehead atoms. The van der Waals surface area contributed by atoms with Gasteiger partial charge < -0.3 is 15.6 Å². The quantitative estimate of drug-likeness (QED) is 0.815. The zero-order valence-electron chi connectivity index (χ0n) is 8.94. The van der Waals surface area contributed by atoms with Gasteiger partial charge in [-0.05, 0) is 24.1 Å². The van der Waals surface area contributed by atoms with Crippen molar-refractivity contribution >= 4 is 0 Å². The Balaban J connectivity index is 2.70. The number of rotatable bonds is 5. The lowest BCUT2D eigenvalue weighted by molar-refractivity contribution is -0.0498. The van der Waals surface area contributed by atoms with E-state index in [0.29, 0.717) is 12.0 Å². The van der Waals surface area contributed by atoms with E-state index in [4.69, 9.17) is 5.73 Å². The summed E-state index contributed by atoms with van der Waals surface area (Å²) in [6.45, 7) is -1.01. The second kappa shape index (κ2) is 5.77. The predicted octanol–water partition coefficient (Wildman–Crippen LogP) is 2.06. The number of aliphatic hydroxyl groups excluding tert-OH is 1. The van der Waals surface area contributed by atoms with Crippen LogP contribution in [0, 0.1) is 0 Å². The fourth-order valence-electron chi connectivity index (χ4n) is 1.35. The van der Waals surface area contributed by atoms with Crippen molar-refractivity contribution in [3.05, 3.63) is 29.8 Å². The topological polar surface area (TPSA) is 55.5 Å². The molecule has 16 heavy (non-hydrogen) atoms. The Morgan fingerprint density at radius 1 is 1.31 bits per heavy atom. The summed E-state index contributed by atoms with van der Waals surface area (Å²) in [4.78, 5) is 0. The van der Waals surface area contributed by atoms with Gasteiger partial charge in [0.25, 0.3) is 0 Å².